The van der Waals surface area contributed by atoms with Crippen molar-refractivity contribution in [1.29, 1.82) is 0 Å². The van der Waals surface area contributed by atoms with Crippen LogP contribution in [0.2, 0.25) is 0 Å². The lowest BCUT2D eigenvalue weighted by molar-refractivity contribution is -0.153. The Labute approximate surface area is 113 Å². The van der Waals surface area contributed by atoms with Gasteiger partial charge in [-0.1, -0.05) is 19.9 Å². The standard InChI is InChI=1S/C14H14F3NO2/c1-8(2)10-6-11(19)9-4-3-5-12(13(9)18-10)20-7-14(15,16)17/h3-6,8H,7H2,1-2H3,(H,18,19). The van der Waals surface area contributed by atoms with Crippen LogP contribution < -0.4 is 10.2 Å². The predicted molar refractivity (Wildman–Crippen MR) is 70.2 cm³/mol. The summed E-state index contributed by atoms with van der Waals surface area (Å²) in [5, 5.41) is 0.314. The minimum Gasteiger partial charge on any atom is -0.482 e. The molecular formula is C14H14F3NO2. The van der Waals surface area contributed by atoms with Gasteiger partial charge in [0.15, 0.2) is 12.0 Å². The van der Waals surface area contributed by atoms with Gasteiger partial charge in [-0.2, -0.15) is 13.2 Å². The number of aromatic amines is 1. The van der Waals surface area contributed by atoms with E-state index in [0.29, 0.717) is 16.6 Å². The van der Waals surface area contributed by atoms with Gasteiger partial charge >= 0.3 is 6.18 Å². The number of alkyl halides is 3. The molecule has 108 valence electrons. The molecule has 0 saturated carbocycles. The molecule has 0 aliphatic carbocycles. The molecule has 6 heteroatoms. The van der Waals surface area contributed by atoms with Crippen LogP contribution in [0.4, 0.5) is 13.2 Å². The summed E-state index contributed by atoms with van der Waals surface area (Å²) in [5.41, 5.74) is 0.721. The summed E-state index contributed by atoms with van der Waals surface area (Å²) in [6.45, 7) is 2.38. The van der Waals surface area contributed by atoms with Crippen molar-refractivity contribution in [2.45, 2.75) is 25.9 Å². The summed E-state index contributed by atoms with van der Waals surface area (Å²) in [4.78, 5) is 14.9. The van der Waals surface area contributed by atoms with Gasteiger partial charge in [-0.25, -0.2) is 0 Å². The van der Waals surface area contributed by atoms with E-state index in [9.17, 15) is 18.0 Å². The van der Waals surface area contributed by atoms with Gasteiger partial charge in [0, 0.05) is 17.1 Å². The second-order valence-electron chi connectivity index (χ2n) is 4.83. The molecule has 0 unspecified atom stereocenters. The second-order valence-corrected chi connectivity index (χ2v) is 4.83. The normalized spacial score (nSPS) is 12.1. The lowest BCUT2D eigenvalue weighted by Crippen LogP contribution is -2.19. The van der Waals surface area contributed by atoms with Crippen molar-refractivity contribution >= 4 is 10.9 Å². The number of para-hydroxylation sites is 1. The molecule has 0 radical (unpaired) electrons. The molecule has 2 rings (SSSR count). The number of pyridine rings is 1. The van der Waals surface area contributed by atoms with Gasteiger partial charge in [0.25, 0.3) is 0 Å². The molecule has 0 aliphatic rings. The SMILES string of the molecule is CC(C)c1cc(=O)c2cccc(OCC(F)(F)F)c2[nH]1. The fourth-order valence-corrected chi connectivity index (χ4v) is 1.86. The minimum atomic E-state index is -4.42. The van der Waals surface area contributed by atoms with Gasteiger partial charge in [-0.05, 0) is 18.1 Å². The predicted octanol–water partition coefficient (Wildman–Crippen LogP) is 3.59. The second kappa shape index (κ2) is 5.19. The van der Waals surface area contributed by atoms with Crippen LogP contribution in [0, 0.1) is 0 Å². The number of benzene rings is 1. The van der Waals surface area contributed by atoms with Crippen molar-refractivity contribution in [2.24, 2.45) is 0 Å². The maximum absolute atomic E-state index is 12.2. The first kappa shape index (κ1) is 14.4. The number of hydrogen-bond donors (Lipinski definition) is 1. The van der Waals surface area contributed by atoms with Crippen LogP contribution in [0.3, 0.4) is 0 Å². The Hall–Kier alpha value is -1.98. The number of aromatic nitrogens is 1. The van der Waals surface area contributed by atoms with Gasteiger partial charge < -0.3 is 9.72 Å². The highest BCUT2D eigenvalue weighted by Gasteiger charge is 2.28. The Balaban J connectivity index is 2.52. The van der Waals surface area contributed by atoms with Crippen molar-refractivity contribution in [3.63, 3.8) is 0 Å². The fraction of sp³-hybridized carbons (Fsp3) is 0.357. The summed E-state index contributed by atoms with van der Waals surface area (Å²) >= 11 is 0. The van der Waals surface area contributed by atoms with Crippen molar-refractivity contribution in [3.8, 4) is 5.75 Å². The molecule has 2 aromatic rings. The van der Waals surface area contributed by atoms with E-state index in [-0.39, 0.29) is 17.1 Å². The molecule has 1 N–H and O–H groups in total. The molecule has 0 saturated heterocycles. The number of nitrogens with one attached hydrogen (secondary N) is 1. The average molecular weight is 285 g/mol. The van der Waals surface area contributed by atoms with Gasteiger partial charge in [0.1, 0.15) is 5.75 Å². The van der Waals surface area contributed by atoms with Crippen molar-refractivity contribution < 1.29 is 17.9 Å². The lowest BCUT2D eigenvalue weighted by Gasteiger charge is -2.13. The van der Waals surface area contributed by atoms with E-state index in [1.54, 1.807) is 6.07 Å². The first-order valence-corrected chi connectivity index (χ1v) is 6.13. The lowest BCUT2D eigenvalue weighted by atomic mass is 10.1. The number of ether oxygens (including phenoxy) is 1. The zero-order chi connectivity index (χ0) is 14.9. The summed E-state index contributed by atoms with van der Waals surface area (Å²) in [7, 11) is 0. The highest BCUT2D eigenvalue weighted by atomic mass is 19.4. The number of rotatable bonds is 3. The van der Waals surface area contributed by atoms with E-state index >= 15 is 0 Å². The van der Waals surface area contributed by atoms with E-state index in [2.05, 4.69) is 4.98 Å². The van der Waals surface area contributed by atoms with Gasteiger partial charge in [0.2, 0.25) is 0 Å². The van der Waals surface area contributed by atoms with Crippen LogP contribution in [0.15, 0.2) is 29.1 Å². The first-order chi connectivity index (χ1) is 9.28. The fourth-order valence-electron chi connectivity index (χ4n) is 1.86. The van der Waals surface area contributed by atoms with Crippen LogP contribution >= 0.6 is 0 Å². The van der Waals surface area contributed by atoms with Gasteiger partial charge in [-0.3, -0.25) is 4.79 Å². The average Bonchev–Trinajstić information content (AvgIpc) is 2.35. The maximum atomic E-state index is 12.2. The third-order valence-corrected chi connectivity index (χ3v) is 2.86. The summed E-state index contributed by atoms with van der Waals surface area (Å²) < 4.78 is 41.5. The van der Waals surface area contributed by atoms with Gasteiger partial charge in [-0.15, -0.1) is 0 Å². The minimum absolute atomic E-state index is 0.0272. The van der Waals surface area contributed by atoms with E-state index in [1.807, 2.05) is 13.8 Å². The zero-order valence-corrected chi connectivity index (χ0v) is 11.0. The van der Waals surface area contributed by atoms with Crippen LogP contribution in [-0.4, -0.2) is 17.8 Å². The Morgan fingerprint density at radius 2 is 2.00 bits per heavy atom. The molecule has 0 atom stereocenters. The number of hydrogen-bond acceptors (Lipinski definition) is 2. The van der Waals surface area contributed by atoms with E-state index in [0.717, 1.165) is 0 Å². The molecule has 1 aromatic carbocycles. The third kappa shape index (κ3) is 3.12. The van der Waals surface area contributed by atoms with Crippen molar-refractivity contribution in [2.75, 3.05) is 6.61 Å². The molecule has 1 aromatic heterocycles. The molecule has 0 bridgehead atoms. The maximum Gasteiger partial charge on any atom is 0.422 e. The highest BCUT2D eigenvalue weighted by Crippen LogP contribution is 2.25. The largest absolute Gasteiger partial charge is 0.482 e. The number of H-pyrrole nitrogens is 1. The molecule has 1 heterocycles. The summed E-state index contributed by atoms with van der Waals surface area (Å²) in [6, 6.07) is 5.92. The quantitative estimate of drug-likeness (QED) is 0.936. The number of fused-ring (bicyclic) bond motifs is 1. The number of halogens is 3. The Bertz CT molecular complexity index is 674. The smallest absolute Gasteiger partial charge is 0.422 e. The summed E-state index contributed by atoms with van der Waals surface area (Å²) in [5.74, 6) is 0.0854. The molecule has 3 nitrogen and oxygen atoms in total. The topological polar surface area (TPSA) is 42.1 Å². The molecular weight excluding hydrogens is 271 g/mol. The van der Waals surface area contributed by atoms with E-state index in [4.69, 9.17) is 4.74 Å². The van der Waals surface area contributed by atoms with Gasteiger partial charge in [0.05, 0.1) is 5.52 Å². The molecule has 0 fully saturated rings. The monoisotopic (exact) mass is 285 g/mol. The first-order valence-electron chi connectivity index (χ1n) is 6.13. The van der Waals surface area contributed by atoms with E-state index < -0.39 is 12.8 Å². The van der Waals surface area contributed by atoms with E-state index in [1.165, 1.54) is 18.2 Å². The zero-order valence-electron chi connectivity index (χ0n) is 11.0. The van der Waals surface area contributed by atoms with Crippen LogP contribution in [-0.2, 0) is 0 Å². The Morgan fingerprint density at radius 3 is 2.60 bits per heavy atom. The Kier molecular flexibility index (Phi) is 3.74. The molecule has 20 heavy (non-hydrogen) atoms. The highest BCUT2D eigenvalue weighted by molar-refractivity contribution is 5.84. The van der Waals surface area contributed by atoms with Crippen LogP contribution in [0.5, 0.6) is 5.75 Å². The van der Waals surface area contributed by atoms with Crippen LogP contribution in [0.1, 0.15) is 25.5 Å². The molecule has 0 spiro atoms. The van der Waals surface area contributed by atoms with Crippen molar-refractivity contribution in [1.82, 2.24) is 4.98 Å². The molecule has 0 aliphatic heterocycles. The third-order valence-electron chi connectivity index (χ3n) is 2.86. The van der Waals surface area contributed by atoms with Crippen molar-refractivity contribution in [3.05, 3.63) is 40.2 Å². The molecule has 0 amide bonds. The van der Waals surface area contributed by atoms with Crippen LogP contribution in [0.25, 0.3) is 10.9 Å². The Morgan fingerprint density at radius 1 is 1.30 bits per heavy atom. The summed E-state index contributed by atoms with van der Waals surface area (Å²) in [6.07, 6.45) is -4.42.